The number of halogens is 2. The summed E-state index contributed by atoms with van der Waals surface area (Å²) < 4.78 is 35.9. The number of fused-ring (bicyclic) bond motifs is 1. The zero-order valence-corrected chi connectivity index (χ0v) is 20.6. The number of anilines is 1. The summed E-state index contributed by atoms with van der Waals surface area (Å²) >= 11 is 0. The Morgan fingerprint density at radius 3 is 2.69 bits per heavy atom. The van der Waals surface area contributed by atoms with E-state index in [1.165, 1.54) is 6.07 Å². The van der Waals surface area contributed by atoms with Crippen molar-refractivity contribution in [3.05, 3.63) is 53.8 Å². The topological polar surface area (TPSA) is 73.3 Å². The molecule has 2 aromatic carbocycles. The van der Waals surface area contributed by atoms with E-state index in [1.54, 1.807) is 25.3 Å². The van der Waals surface area contributed by atoms with Crippen LogP contribution in [-0.2, 0) is 16.0 Å². The van der Waals surface area contributed by atoms with Gasteiger partial charge in [0, 0.05) is 44.0 Å². The fourth-order valence-corrected chi connectivity index (χ4v) is 2.93. The molecule has 0 aromatic heterocycles. The van der Waals surface area contributed by atoms with Gasteiger partial charge in [-0.15, -0.1) is 24.0 Å². The van der Waals surface area contributed by atoms with Crippen LogP contribution in [0.1, 0.15) is 18.4 Å². The minimum absolute atomic E-state index is 0. The molecule has 0 saturated carbocycles. The highest BCUT2D eigenvalue weighted by molar-refractivity contribution is 14.0. The van der Waals surface area contributed by atoms with Gasteiger partial charge in [0.2, 0.25) is 0 Å². The number of hydrogen-bond donors (Lipinski definition) is 2. The molecule has 0 amide bonds. The predicted octanol–water partition coefficient (Wildman–Crippen LogP) is 4.22. The molecule has 0 bridgehead atoms. The molecule has 7 nitrogen and oxygen atoms in total. The third-order valence-corrected chi connectivity index (χ3v) is 4.57. The fraction of sp³-hybridized carbons (Fsp3) is 0.435. The number of hydrogen-bond acceptors (Lipinski definition) is 5. The highest BCUT2D eigenvalue weighted by Gasteiger charge is 2.11. The van der Waals surface area contributed by atoms with E-state index in [0.717, 1.165) is 24.3 Å². The largest absolute Gasteiger partial charge is 0.490 e. The number of aliphatic imine (C=N–C) groups is 1. The van der Waals surface area contributed by atoms with E-state index in [-0.39, 0.29) is 36.3 Å². The number of benzene rings is 2. The Morgan fingerprint density at radius 2 is 1.88 bits per heavy atom. The summed E-state index contributed by atoms with van der Waals surface area (Å²) in [4.78, 5) is 4.55. The Hall–Kier alpha value is -2.11. The van der Waals surface area contributed by atoms with E-state index < -0.39 is 0 Å². The minimum Gasteiger partial charge on any atom is -0.490 e. The smallest absolute Gasteiger partial charge is 0.196 e. The SMILES string of the molecule is COCCOCCCNC(=NCc1ccccc1F)Nc1ccc2c(c1)OCCCO2.I. The van der Waals surface area contributed by atoms with E-state index in [4.69, 9.17) is 18.9 Å². The first kappa shape index (κ1) is 26.1. The first-order valence-corrected chi connectivity index (χ1v) is 10.5. The van der Waals surface area contributed by atoms with Crippen molar-refractivity contribution in [2.75, 3.05) is 52.0 Å². The molecule has 0 atom stereocenters. The van der Waals surface area contributed by atoms with E-state index in [2.05, 4.69) is 15.6 Å². The monoisotopic (exact) mass is 559 g/mol. The lowest BCUT2D eigenvalue weighted by molar-refractivity contribution is 0.0699. The van der Waals surface area contributed by atoms with Crippen LogP contribution in [0.3, 0.4) is 0 Å². The first-order chi connectivity index (χ1) is 15.3. The standard InChI is InChI=1S/C23H30FN3O4.HI/c1-28-14-15-29-11-4-10-25-23(26-17-18-6-2-3-7-20(18)24)27-19-8-9-21-22(16-19)31-13-5-12-30-21;/h2-3,6-9,16H,4-5,10-15,17H2,1H3,(H2,25,26,27);1H. The second kappa shape index (κ2) is 14.9. The van der Waals surface area contributed by atoms with Crippen LogP contribution in [0.15, 0.2) is 47.5 Å². The van der Waals surface area contributed by atoms with Crippen molar-refractivity contribution < 1.29 is 23.3 Å². The van der Waals surface area contributed by atoms with Crippen molar-refractivity contribution in [1.82, 2.24) is 5.32 Å². The van der Waals surface area contributed by atoms with Gasteiger partial charge < -0.3 is 29.6 Å². The van der Waals surface area contributed by atoms with Gasteiger partial charge in [-0.05, 0) is 24.6 Å². The molecule has 0 fully saturated rings. The van der Waals surface area contributed by atoms with Crippen molar-refractivity contribution in [2.24, 2.45) is 4.99 Å². The number of nitrogens with one attached hydrogen (secondary N) is 2. The highest BCUT2D eigenvalue weighted by Crippen LogP contribution is 2.32. The Morgan fingerprint density at radius 1 is 1.06 bits per heavy atom. The summed E-state index contributed by atoms with van der Waals surface area (Å²) in [5.41, 5.74) is 1.34. The van der Waals surface area contributed by atoms with Gasteiger partial charge in [-0.1, -0.05) is 18.2 Å². The molecule has 1 heterocycles. The van der Waals surface area contributed by atoms with E-state index >= 15 is 0 Å². The molecule has 32 heavy (non-hydrogen) atoms. The number of ether oxygens (including phenoxy) is 4. The van der Waals surface area contributed by atoms with Crippen LogP contribution in [0.2, 0.25) is 0 Å². The van der Waals surface area contributed by atoms with Crippen molar-refractivity contribution in [1.29, 1.82) is 0 Å². The Balaban J connectivity index is 0.00000363. The maximum absolute atomic E-state index is 14.0. The molecule has 0 spiro atoms. The van der Waals surface area contributed by atoms with E-state index in [1.807, 2.05) is 18.2 Å². The lowest BCUT2D eigenvalue weighted by atomic mass is 10.2. The van der Waals surface area contributed by atoms with Crippen molar-refractivity contribution in [2.45, 2.75) is 19.4 Å². The van der Waals surface area contributed by atoms with Crippen LogP contribution in [0.4, 0.5) is 10.1 Å². The number of rotatable bonds is 10. The minimum atomic E-state index is -0.271. The van der Waals surface area contributed by atoms with Crippen molar-refractivity contribution in [3.63, 3.8) is 0 Å². The van der Waals surface area contributed by atoms with Crippen LogP contribution < -0.4 is 20.1 Å². The van der Waals surface area contributed by atoms with Gasteiger partial charge in [-0.25, -0.2) is 9.38 Å². The summed E-state index contributed by atoms with van der Waals surface area (Å²) in [6, 6.07) is 12.3. The summed E-state index contributed by atoms with van der Waals surface area (Å²) in [6.45, 7) is 3.89. The molecule has 0 radical (unpaired) electrons. The Labute approximate surface area is 205 Å². The molecule has 2 aromatic rings. The van der Waals surface area contributed by atoms with Crippen LogP contribution in [0.5, 0.6) is 11.5 Å². The lowest BCUT2D eigenvalue weighted by Gasteiger charge is -2.15. The van der Waals surface area contributed by atoms with Gasteiger partial charge in [0.05, 0.1) is 33.0 Å². The van der Waals surface area contributed by atoms with Gasteiger partial charge in [-0.3, -0.25) is 0 Å². The average Bonchev–Trinajstić information content (AvgIpc) is 3.02. The normalized spacial score (nSPS) is 13.1. The Kier molecular flexibility index (Phi) is 12.1. The molecular formula is C23H31FIN3O4. The first-order valence-electron chi connectivity index (χ1n) is 10.5. The van der Waals surface area contributed by atoms with Crippen molar-refractivity contribution in [3.8, 4) is 11.5 Å². The number of methoxy groups -OCH3 is 1. The quantitative estimate of drug-likeness (QED) is 0.197. The molecule has 1 aliphatic rings. The lowest BCUT2D eigenvalue weighted by Crippen LogP contribution is -2.32. The van der Waals surface area contributed by atoms with Crippen molar-refractivity contribution >= 4 is 35.6 Å². The average molecular weight is 559 g/mol. The van der Waals surface area contributed by atoms with Crippen LogP contribution in [0, 0.1) is 5.82 Å². The van der Waals surface area contributed by atoms with Gasteiger partial charge >= 0.3 is 0 Å². The molecule has 9 heteroatoms. The van der Waals surface area contributed by atoms with Crippen LogP contribution in [0.25, 0.3) is 0 Å². The second-order valence-corrected chi connectivity index (χ2v) is 6.98. The molecule has 0 aliphatic carbocycles. The third kappa shape index (κ3) is 8.79. The zero-order valence-electron chi connectivity index (χ0n) is 18.3. The van der Waals surface area contributed by atoms with Gasteiger partial charge in [0.25, 0.3) is 0 Å². The molecule has 1 aliphatic heterocycles. The summed E-state index contributed by atoms with van der Waals surface area (Å²) in [5, 5.41) is 6.54. The van der Waals surface area contributed by atoms with Gasteiger partial charge in [0.15, 0.2) is 17.5 Å². The summed E-state index contributed by atoms with van der Waals surface area (Å²) in [5.74, 6) is 1.71. The molecular weight excluding hydrogens is 528 g/mol. The maximum Gasteiger partial charge on any atom is 0.196 e. The maximum atomic E-state index is 14.0. The molecule has 2 N–H and O–H groups in total. The summed E-state index contributed by atoms with van der Waals surface area (Å²) in [6.07, 6.45) is 1.64. The molecule has 3 rings (SSSR count). The second-order valence-electron chi connectivity index (χ2n) is 6.98. The number of guanidine groups is 1. The summed E-state index contributed by atoms with van der Waals surface area (Å²) in [7, 11) is 1.65. The third-order valence-electron chi connectivity index (χ3n) is 4.57. The van der Waals surface area contributed by atoms with Crippen LogP contribution in [-0.4, -0.2) is 52.6 Å². The molecule has 176 valence electrons. The zero-order chi connectivity index (χ0) is 21.7. The molecule has 0 unspecified atom stereocenters. The van der Waals surface area contributed by atoms with E-state index in [0.29, 0.717) is 56.9 Å². The van der Waals surface area contributed by atoms with Gasteiger partial charge in [-0.2, -0.15) is 0 Å². The van der Waals surface area contributed by atoms with Gasteiger partial charge in [0.1, 0.15) is 5.82 Å². The van der Waals surface area contributed by atoms with E-state index in [9.17, 15) is 4.39 Å². The number of nitrogens with zero attached hydrogens (tertiary/aromatic N) is 1. The Bertz CT molecular complexity index is 854. The highest BCUT2D eigenvalue weighted by atomic mass is 127. The predicted molar refractivity (Wildman–Crippen MR) is 134 cm³/mol. The molecule has 0 saturated heterocycles. The van der Waals surface area contributed by atoms with Crippen LogP contribution >= 0.6 is 24.0 Å². The fourth-order valence-electron chi connectivity index (χ4n) is 2.93.